The van der Waals surface area contributed by atoms with E-state index in [4.69, 9.17) is 0 Å². The number of para-hydroxylation sites is 1. The van der Waals surface area contributed by atoms with Crippen LogP contribution in [0.3, 0.4) is 0 Å². The molecule has 3 rings (SSSR count). The topological polar surface area (TPSA) is 45.5 Å². The van der Waals surface area contributed by atoms with Crippen molar-refractivity contribution in [3.63, 3.8) is 0 Å². The molecule has 1 N–H and O–H groups in total. The van der Waals surface area contributed by atoms with Crippen LogP contribution < -0.4 is 0 Å². The van der Waals surface area contributed by atoms with E-state index in [1.165, 1.54) is 12.8 Å². The standard InChI is InChI=1S/C28H36N2O2/c1-3-5-18-29(19-6-4-2)21-25(31)22-30-20-24(26-14-10-11-15-27(26)30)16-17-28(32)23-12-8-7-9-13-23/h7-17,20,25,31H,3-6,18-19,21-22H2,1-2H3/b17-16+/t25-/m0/s1. The van der Waals surface area contributed by atoms with E-state index in [0.29, 0.717) is 18.7 Å². The summed E-state index contributed by atoms with van der Waals surface area (Å²) in [5.74, 6) is -0.00930. The lowest BCUT2D eigenvalue weighted by molar-refractivity contribution is 0.0973. The third kappa shape index (κ3) is 6.65. The molecule has 1 heterocycles. The van der Waals surface area contributed by atoms with Crippen molar-refractivity contribution >= 4 is 22.8 Å². The molecule has 0 amide bonds. The van der Waals surface area contributed by atoms with Crippen LogP contribution in [-0.4, -0.2) is 46.1 Å². The Bertz CT molecular complexity index is 999. The molecule has 0 spiro atoms. The Morgan fingerprint density at radius 2 is 1.66 bits per heavy atom. The number of hydrogen-bond acceptors (Lipinski definition) is 3. The van der Waals surface area contributed by atoms with Crippen molar-refractivity contribution in [3.8, 4) is 0 Å². The summed E-state index contributed by atoms with van der Waals surface area (Å²) in [7, 11) is 0. The quantitative estimate of drug-likeness (QED) is 0.274. The van der Waals surface area contributed by atoms with Gasteiger partial charge in [0.2, 0.25) is 0 Å². The summed E-state index contributed by atoms with van der Waals surface area (Å²) in [6, 6.07) is 17.5. The van der Waals surface area contributed by atoms with Crippen LogP contribution in [0.25, 0.3) is 17.0 Å². The van der Waals surface area contributed by atoms with Crippen molar-refractivity contribution in [2.45, 2.75) is 52.2 Å². The van der Waals surface area contributed by atoms with Gasteiger partial charge >= 0.3 is 0 Å². The number of rotatable bonds is 13. The van der Waals surface area contributed by atoms with Gasteiger partial charge in [-0.1, -0.05) is 75.2 Å². The van der Waals surface area contributed by atoms with Crippen LogP contribution in [0.2, 0.25) is 0 Å². The number of carbonyl (C=O) groups excluding carboxylic acids is 1. The molecule has 1 atom stereocenters. The normalized spacial score (nSPS) is 12.8. The smallest absolute Gasteiger partial charge is 0.185 e. The van der Waals surface area contributed by atoms with Crippen molar-refractivity contribution in [2.24, 2.45) is 0 Å². The number of aromatic nitrogens is 1. The van der Waals surface area contributed by atoms with E-state index in [1.54, 1.807) is 6.08 Å². The molecule has 0 aliphatic heterocycles. The third-order valence-corrected chi connectivity index (χ3v) is 5.82. The molecule has 0 bridgehead atoms. The molecule has 0 unspecified atom stereocenters. The monoisotopic (exact) mass is 432 g/mol. The molecule has 0 aliphatic rings. The first-order valence-corrected chi connectivity index (χ1v) is 11.9. The van der Waals surface area contributed by atoms with Gasteiger partial charge in [-0.2, -0.15) is 0 Å². The van der Waals surface area contributed by atoms with E-state index in [0.717, 1.165) is 42.4 Å². The fourth-order valence-electron chi connectivity index (χ4n) is 4.06. The Labute approximate surface area is 192 Å². The van der Waals surface area contributed by atoms with Gasteiger partial charge in [0.15, 0.2) is 5.78 Å². The molecular weight excluding hydrogens is 396 g/mol. The van der Waals surface area contributed by atoms with E-state index in [1.807, 2.05) is 54.7 Å². The van der Waals surface area contributed by atoms with Gasteiger partial charge in [-0.25, -0.2) is 0 Å². The molecule has 0 fully saturated rings. The van der Waals surface area contributed by atoms with Crippen LogP contribution in [0.15, 0.2) is 66.9 Å². The van der Waals surface area contributed by atoms with Gasteiger partial charge < -0.3 is 14.6 Å². The molecule has 4 nitrogen and oxygen atoms in total. The number of nitrogens with zero attached hydrogens (tertiary/aromatic N) is 2. The average molecular weight is 433 g/mol. The number of fused-ring (bicyclic) bond motifs is 1. The lowest BCUT2D eigenvalue weighted by atomic mass is 10.1. The molecule has 0 radical (unpaired) electrons. The van der Waals surface area contributed by atoms with Crippen LogP contribution in [0.1, 0.15) is 55.5 Å². The lowest BCUT2D eigenvalue weighted by Gasteiger charge is -2.25. The number of hydrogen-bond donors (Lipinski definition) is 1. The first kappa shape index (κ1) is 24.0. The zero-order valence-corrected chi connectivity index (χ0v) is 19.4. The highest BCUT2D eigenvalue weighted by atomic mass is 16.3. The number of ketones is 1. The number of carbonyl (C=O) groups is 1. The summed E-state index contributed by atoms with van der Waals surface area (Å²) < 4.78 is 2.12. The Kier molecular flexibility index (Phi) is 9.27. The first-order chi connectivity index (χ1) is 15.6. The van der Waals surface area contributed by atoms with E-state index >= 15 is 0 Å². The molecule has 0 aliphatic carbocycles. The van der Waals surface area contributed by atoms with E-state index in [-0.39, 0.29) is 5.78 Å². The Hall–Kier alpha value is -2.69. The molecular formula is C28H36N2O2. The molecule has 32 heavy (non-hydrogen) atoms. The van der Waals surface area contributed by atoms with Crippen LogP contribution >= 0.6 is 0 Å². The van der Waals surface area contributed by atoms with Gasteiger partial charge in [0.05, 0.1) is 6.10 Å². The predicted octanol–water partition coefficient (Wildman–Crippen LogP) is 5.80. The van der Waals surface area contributed by atoms with Gasteiger partial charge in [0.1, 0.15) is 0 Å². The molecule has 0 saturated carbocycles. The highest BCUT2D eigenvalue weighted by Gasteiger charge is 2.14. The summed E-state index contributed by atoms with van der Waals surface area (Å²) in [6.07, 6.45) is 9.77. The fourth-order valence-corrected chi connectivity index (χ4v) is 4.06. The van der Waals surface area contributed by atoms with Crippen LogP contribution in [0, 0.1) is 0 Å². The number of aliphatic hydroxyl groups is 1. The highest BCUT2D eigenvalue weighted by Crippen LogP contribution is 2.23. The number of aliphatic hydroxyl groups excluding tert-OH is 1. The maximum absolute atomic E-state index is 12.5. The van der Waals surface area contributed by atoms with Crippen LogP contribution in [0.4, 0.5) is 0 Å². The zero-order valence-electron chi connectivity index (χ0n) is 19.4. The van der Waals surface area contributed by atoms with Gasteiger partial charge in [-0.3, -0.25) is 4.79 Å². The van der Waals surface area contributed by atoms with E-state index in [9.17, 15) is 9.90 Å². The van der Waals surface area contributed by atoms with Gasteiger partial charge in [0, 0.05) is 41.3 Å². The van der Waals surface area contributed by atoms with E-state index < -0.39 is 6.10 Å². The van der Waals surface area contributed by atoms with Crippen molar-refractivity contribution < 1.29 is 9.90 Å². The minimum absolute atomic E-state index is 0.00930. The second-order valence-corrected chi connectivity index (χ2v) is 8.48. The Balaban J connectivity index is 1.74. The maximum Gasteiger partial charge on any atom is 0.185 e. The minimum atomic E-state index is -0.442. The van der Waals surface area contributed by atoms with Crippen LogP contribution in [0.5, 0.6) is 0 Å². The molecule has 0 saturated heterocycles. The average Bonchev–Trinajstić information content (AvgIpc) is 3.17. The van der Waals surface area contributed by atoms with E-state index in [2.05, 4.69) is 35.4 Å². The summed E-state index contributed by atoms with van der Waals surface area (Å²) in [5, 5.41) is 12.0. The number of allylic oxidation sites excluding steroid dienone is 1. The first-order valence-electron chi connectivity index (χ1n) is 11.9. The van der Waals surface area contributed by atoms with Crippen molar-refractivity contribution in [1.82, 2.24) is 9.47 Å². The SMILES string of the molecule is CCCCN(CCCC)C[C@H](O)Cn1cc(/C=C/C(=O)c2ccccc2)c2ccccc21. The van der Waals surface area contributed by atoms with Gasteiger partial charge in [0.25, 0.3) is 0 Å². The summed E-state index contributed by atoms with van der Waals surface area (Å²) in [5.41, 5.74) is 2.75. The second kappa shape index (κ2) is 12.4. The number of benzene rings is 2. The van der Waals surface area contributed by atoms with Gasteiger partial charge in [-0.15, -0.1) is 0 Å². The summed E-state index contributed by atoms with van der Waals surface area (Å²) in [6.45, 7) is 7.71. The Morgan fingerprint density at radius 1 is 1.00 bits per heavy atom. The molecule has 3 aromatic rings. The molecule has 4 heteroatoms. The molecule has 2 aromatic carbocycles. The van der Waals surface area contributed by atoms with Crippen molar-refractivity contribution in [1.29, 1.82) is 0 Å². The van der Waals surface area contributed by atoms with Crippen LogP contribution in [-0.2, 0) is 6.54 Å². The zero-order chi connectivity index (χ0) is 22.8. The predicted molar refractivity (Wildman–Crippen MR) is 134 cm³/mol. The number of unbranched alkanes of at least 4 members (excludes halogenated alkanes) is 2. The van der Waals surface area contributed by atoms with Crippen molar-refractivity contribution in [3.05, 3.63) is 78.0 Å². The highest BCUT2D eigenvalue weighted by molar-refractivity contribution is 6.07. The fraction of sp³-hybridized carbons (Fsp3) is 0.393. The summed E-state index contributed by atoms with van der Waals surface area (Å²) in [4.78, 5) is 14.9. The Morgan fingerprint density at radius 3 is 2.34 bits per heavy atom. The molecule has 170 valence electrons. The third-order valence-electron chi connectivity index (χ3n) is 5.82. The maximum atomic E-state index is 12.5. The van der Waals surface area contributed by atoms with Crippen molar-refractivity contribution in [2.75, 3.05) is 19.6 Å². The minimum Gasteiger partial charge on any atom is -0.390 e. The second-order valence-electron chi connectivity index (χ2n) is 8.48. The largest absolute Gasteiger partial charge is 0.390 e. The summed E-state index contributed by atoms with van der Waals surface area (Å²) >= 11 is 0. The lowest BCUT2D eigenvalue weighted by Crippen LogP contribution is -2.36. The van der Waals surface area contributed by atoms with Gasteiger partial charge in [-0.05, 0) is 44.1 Å². The molecule has 1 aromatic heterocycles.